The highest BCUT2D eigenvalue weighted by Crippen LogP contribution is 2.32. The number of ether oxygens (including phenoxy) is 1. The minimum atomic E-state index is -0.0249. The van der Waals surface area contributed by atoms with Gasteiger partial charge in [0.25, 0.3) is 0 Å². The van der Waals surface area contributed by atoms with Crippen LogP contribution in [0.1, 0.15) is 52.3 Å². The van der Waals surface area contributed by atoms with Crippen molar-refractivity contribution in [2.24, 2.45) is 5.41 Å². The van der Waals surface area contributed by atoms with Gasteiger partial charge in [0.1, 0.15) is 5.82 Å². The number of aromatic nitrogens is 2. The Morgan fingerprint density at radius 1 is 1.10 bits per heavy atom. The number of anilines is 1. The van der Waals surface area contributed by atoms with Crippen LogP contribution in [0, 0.1) is 5.41 Å². The zero-order chi connectivity index (χ0) is 22.2. The van der Waals surface area contributed by atoms with Crippen LogP contribution in [0.4, 0.5) is 5.82 Å². The summed E-state index contributed by atoms with van der Waals surface area (Å²) < 4.78 is 5.96. The van der Waals surface area contributed by atoms with Crippen molar-refractivity contribution in [3.63, 3.8) is 0 Å². The lowest BCUT2D eigenvalue weighted by Crippen LogP contribution is -2.47. The van der Waals surface area contributed by atoms with Crippen molar-refractivity contribution in [3.05, 3.63) is 41.6 Å². The van der Waals surface area contributed by atoms with E-state index < -0.39 is 0 Å². The molecule has 2 aromatic rings. The number of hydrogen-bond acceptors (Lipinski definition) is 5. The largest absolute Gasteiger partial charge is 0.372 e. The van der Waals surface area contributed by atoms with E-state index in [9.17, 15) is 4.79 Å². The first-order valence-corrected chi connectivity index (χ1v) is 11.3. The third-order valence-electron chi connectivity index (χ3n) is 5.82. The number of benzene rings is 1. The molecule has 1 fully saturated rings. The lowest BCUT2D eigenvalue weighted by atomic mass is 9.91. The number of nitrogens with zero attached hydrogens (tertiary/aromatic N) is 4. The Morgan fingerprint density at radius 2 is 1.77 bits per heavy atom. The van der Waals surface area contributed by atoms with Crippen LogP contribution < -0.4 is 4.90 Å². The highest BCUT2D eigenvalue weighted by Gasteiger charge is 2.32. The molecule has 4 rings (SSSR count). The van der Waals surface area contributed by atoms with Crippen LogP contribution in [0.15, 0.2) is 30.3 Å². The second-order valence-electron chi connectivity index (χ2n) is 10.1. The van der Waals surface area contributed by atoms with Crippen LogP contribution in [-0.2, 0) is 22.5 Å². The Hall–Kier alpha value is -2.47. The fraction of sp³-hybridized carbons (Fsp3) is 0.560. The van der Waals surface area contributed by atoms with Crippen LogP contribution in [0.5, 0.6) is 0 Å². The first kappa shape index (κ1) is 21.8. The molecule has 0 spiro atoms. The van der Waals surface area contributed by atoms with Crippen LogP contribution in [0.25, 0.3) is 11.4 Å². The molecule has 2 unspecified atom stereocenters. The third-order valence-corrected chi connectivity index (χ3v) is 5.82. The van der Waals surface area contributed by atoms with Crippen LogP contribution in [-0.4, -0.2) is 52.6 Å². The zero-order valence-electron chi connectivity index (χ0n) is 19.4. The summed E-state index contributed by atoms with van der Waals surface area (Å²) in [5, 5.41) is 0. The van der Waals surface area contributed by atoms with Gasteiger partial charge < -0.3 is 14.5 Å². The first-order chi connectivity index (χ1) is 14.7. The van der Waals surface area contributed by atoms with Crippen LogP contribution in [0.2, 0.25) is 0 Å². The molecule has 3 heterocycles. The number of hydrogen-bond donors (Lipinski definition) is 0. The van der Waals surface area contributed by atoms with E-state index in [0.717, 1.165) is 48.0 Å². The third kappa shape index (κ3) is 5.06. The average Bonchev–Trinajstić information content (AvgIpc) is 2.71. The lowest BCUT2D eigenvalue weighted by molar-refractivity contribution is -0.134. The summed E-state index contributed by atoms with van der Waals surface area (Å²) in [7, 11) is 0. The molecular formula is C25H34N4O2. The molecule has 2 aliphatic rings. The van der Waals surface area contributed by atoms with E-state index in [1.807, 2.05) is 23.1 Å². The van der Waals surface area contributed by atoms with Gasteiger partial charge in [-0.1, -0.05) is 51.1 Å². The Balaban J connectivity index is 1.72. The highest BCUT2D eigenvalue weighted by atomic mass is 16.5. The molecule has 6 nitrogen and oxygen atoms in total. The minimum absolute atomic E-state index is 0.0249. The summed E-state index contributed by atoms with van der Waals surface area (Å²) in [6, 6.07) is 10.1. The predicted octanol–water partition coefficient (Wildman–Crippen LogP) is 4.08. The molecule has 1 aromatic heterocycles. The van der Waals surface area contributed by atoms with E-state index in [-0.39, 0.29) is 23.5 Å². The monoisotopic (exact) mass is 422 g/mol. The summed E-state index contributed by atoms with van der Waals surface area (Å²) >= 11 is 0. The van der Waals surface area contributed by atoms with Gasteiger partial charge in [0.05, 0.1) is 24.4 Å². The first-order valence-electron chi connectivity index (χ1n) is 11.3. The standard InChI is InChI=1S/C25H34N4O2/c1-17-14-29(15-18(2)31-17)24-20-16-28(22(30)13-25(3,4)5)12-11-21(20)26-23(27-24)19-9-7-6-8-10-19/h6-10,17-18H,11-16H2,1-5H3. The fourth-order valence-electron chi connectivity index (χ4n) is 4.50. The maximum Gasteiger partial charge on any atom is 0.223 e. The minimum Gasteiger partial charge on any atom is -0.372 e. The number of fused-ring (bicyclic) bond motifs is 1. The number of amides is 1. The molecule has 0 radical (unpaired) electrons. The molecule has 1 saturated heterocycles. The molecule has 0 aliphatic carbocycles. The summed E-state index contributed by atoms with van der Waals surface area (Å²) in [5.74, 6) is 1.93. The molecule has 31 heavy (non-hydrogen) atoms. The number of carbonyl (C=O) groups is 1. The summed E-state index contributed by atoms with van der Waals surface area (Å²) in [6.07, 6.45) is 1.58. The molecule has 1 amide bonds. The quantitative estimate of drug-likeness (QED) is 0.746. The van der Waals surface area contributed by atoms with Gasteiger partial charge >= 0.3 is 0 Å². The van der Waals surface area contributed by atoms with E-state index in [0.29, 0.717) is 19.5 Å². The van der Waals surface area contributed by atoms with Gasteiger partial charge in [-0.15, -0.1) is 0 Å². The molecule has 166 valence electrons. The van der Waals surface area contributed by atoms with Crippen molar-refractivity contribution < 1.29 is 9.53 Å². The van der Waals surface area contributed by atoms with Gasteiger partial charge in [-0.2, -0.15) is 0 Å². The SMILES string of the molecule is CC1CN(c2nc(-c3ccccc3)nc3c2CN(C(=O)CC(C)(C)C)CC3)CC(C)O1. The normalized spacial score (nSPS) is 21.7. The maximum atomic E-state index is 13.0. The Bertz CT molecular complexity index is 929. The summed E-state index contributed by atoms with van der Waals surface area (Å²) in [4.78, 5) is 27.2. The highest BCUT2D eigenvalue weighted by molar-refractivity contribution is 5.77. The number of rotatable bonds is 3. The predicted molar refractivity (Wildman–Crippen MR) is 123 cm³/mol. The van der Waals surface area contributed by atoms with E-state index >= 15 is 0 Å². The number of carbonyl (C=O) groups excluding carboxylic acids is 1. The molecule has 2 atom stereocenters. The van der Waals surface area contributed by atoms with Gasteiger partial charge in [0.15, 0.2) is 5.82 Å². The van der Waals surface area contributed by atoms with Crippen molar-refractivity contribution in [2.45, 2.75) is 66.2 Å². The van der Waals surface area contributed by atoms with Crippen LogP contribution >= 0.6 is 0 Å². The van der Waals surface area contributed by atoms with Crippen molar-refractivity contribution in [1.29, 1.82) is 0 Å². The van der Waals surface area contributed by atoms with Crippen LogP contribution in [0.3, 0.4) is 0 Å². The average molecular weight is 423 g/mol. The van der Waals surface area contributed by atoms with Crippen molar-refractivity contribution in [2.75, 3.05) is 24.5 Å². The topological polar surface area (TPSA) is 58.6 Å². The van der Waals surface area contributed by atoms with Crippen molar-refractivity contribution >= 4 is 11.7 Å². The maximum absolute atomic E-state index is 13.0. The Kier molecular flexibility index (Phi) is 6.02. The molecule has 0 bridgehead atoms. The van der Waals surface area contributed by atoms with Gasteiger partial charge in [0, 0.05) is 43.6 Å². The molecule has 2 aliphatic heterocycles. The second-order valence-corrected chi connectivity index (χ2v) is 10.1. The second kappa shape index (κ2) is 8.58. The molecule has 0 saturated carbocycles. The Morgan fingerprint density at radius 3 is 2.42 bits per heavy atom. The van der Waals surface area contributed by atoms with Crippen molar-refractivity contribution in [3.8, 4) is 11.4 Å². The fourth-order valence-corrected chi connectivity index (χ4v) is 4.50. The molecule has 0 N–H and O–H groups in total. The lowest BCUT2D eigenvalue weighted by Gasteiger charge is -2.39. The number of morpholine rings is 1. The smallest absolute Gasteiger partial charge is 0.223 e. The van der Waals surface area contributed by atoms with Gasteiger partial charge in [-0.05, 0) is 19.3 Å². The summed E-state index contributed by atoms with van der Waals surface area (Å²) in [5.41, 5.74) is 3.15. The van der Waals surface area contributed by atoms with Gasteiger partial charge in [-0.3, -0.25) is 4.79 Å². The molecule has 1 aromatic carbocycles. The molecular weight excluding hydrogens is 388 g/mol. The van der Waals surface area contributed by atoms with E-state index in [2.05, 4.69) is 51.7 Å². The zero-order valence-corrected chi connectivity index (χ0v) is 19.4. The molecule has 6 heteroatoms. The van der Waals surface area contributed by atoms with E-state index in [1.54, 1.807) is 0 Å². The van der Waals surface area contributed by atoms with Gasteiger partial charge in [0.2, 0.25) is 5.91 Å². The Labute approximate surface area is 185 Å². The van der Waals surface area contributed by atoms with E-state index in [4.69, 9.17) is 14.7 Å². The van der Waals surface area contributed by atoms with Gasteiger partial charge in [-0.25, -0.2) is 9.97 Å². The summed E-state index contributed by atoms with van der Waals surface area (Å²) in [6.45, 7) is 13.4. The van der Waals surface area contributed by atoms with E-state index in [1.165, 1.54) is 0 Å². The van der Waals surface area contributed by atoms with Crippen molar-refractivity contribution in [1.82, 2.24) is 14.9 Å².